The van der Waals surface area contributed by atoms with Crippen LogP contribution in [0.2, 0.25) is 0 Å². The first-order valence-corrected chi connectivity index (χ1v) is 7.23. The van der Waals surface area contributed by atoms with E-state index in [4.69, 9.17) is 0 Å². The minimum atomic E-state index is 0.201. The van der Waals surface area contributed by atoms with E-state index < -0.39 is 0 Å². The fourth-order valence-corrected chi connectivity index (χ4v) is 2.88. The van der Waals surface area contributed by atoms with Crippen molar-refractivity contribution in [3.63, 3.8) is 0 Å². The number of halogens is 1. The lowest BCUT2D eigenvalue weighted by molar-refractivity contribution is -0.130. The quantitative estimate of drug-likeness (QED) is 0.930. The number of rotatable bonds is 3. The van der Waals surface area contributed by atoms with Gasteiger partial charge < -0.3 is 10.2 Å². The lowest BCUT2D eigenvalue weighted by Gasteiger charge is -2.26. The van der Waals surface area contributed by atoms with E-state index in [0.717, 1.165) is 36.1 Å². The van der Waals surface area contributed by atoms with Gasteiger partial charge in [-0.1, -0.05) is 15.9 Å². The van der Waals surface area contributed by atoms with Crippen LogP contribution >= 0.6 is 15.9 Å². The maximum absolute atomic E-state index is 12.0. The molecule has 1 N–H and O–H groups in total. The van der Waals surface area contributed by atoms with Gasteiger partial charge in [0.2, 0.25) is 5.91 Å². The average molecular weight is 311 g/mol. The first kappa shape index (κ1) is 13.4. The molecule has 2 rings (SSSR count). The summed E-state index contributed by atoms with van der Waals surface area (Å²) in [6.45, 7) is 4.26. The van der Waals surface area contributed by atoms with E-state index in [-0.39, 0.29) is 5.91 Å². The average Bonchev–Trinajstić information content (AvgIpc) is 2.36. The van der Waals surface area contributed by atoms with Crippen molar-refractivity contribution >= 4 is 27.5 Å². The van der Waals surface area contributed by atoms with Crippen LogP contribution < -0.4 is 5.32 Å². The number of likely N-dealkylation sites (tertiary alicyclic amines) is 1. The third-order valence-corrected chi connectivity index (χ3v) is 3.65. The molecule has 4 heteroatoms. The van der Waals surface area contributed by atoms with Gasteiger partial charge in [-0.25, -0.2) is 0 Å². The third-order valence-electron chi connectivity index (χ3n) is 3.19. The number of amides is 1. The standard InChI is InChI=1S/C14H19BrN2O/c1-11-7-12(15)9-13(8-11)16-10-14(18)17-5-3-2-4-6-17/h7-9,16H,2-6,10H2,1H3. The molecule has 0 aliphatic carbocycles. The number of aryl methyl sites for hydroxylation is 1. The van der Waals surface area contributed by atoms with Gasteiger partial charge in [0.1, 0.15) is 0 Å². The van der Waals surface area contributed by atoms with Gasteiger partial charge >= 0.3 is 0 Å². The summed E-state index contributed by atoms with van der Waals surface area (Å²) < 4.78 is 1.04. The highest BCUT2D eigenvalue weighted by atomic mass is 79.9. The smallest absolute Gasteiger partial charge is 0.241 e. The first-order chi connectivity index (χ1) is 8.65. The second-order valence-corrected chi connectivity index (χ2v) is 5.73. The lowest BCUT2D eigenvalue weighted by Crippen LogP contribution is -2.39. The number of anilines is 1. The van der Waals surface area contributed by atoms with E-state index in [1.165, 1.54) is 12.0 Å². The zero-order valence-electron chi connectivity index (χ0n) is 10.7. The van der Waals surface area contributed by atoms with Gasteiger partial charge in [0.05, 0.1) is 6.54 Å². The van der Waals surface area contributed by atoms with Crippen LogP contribution in [0.5, 0.6) is 0 Å². The predicted octanol–water partition coefficient (Wildman–Crippen LogP) is 3.18. The summed E-state index contributed by atoms with van der Waals surface area (Å²) in [5, 5.41) is 3.20. The molecule has 1 fully saturated rings. The second-order valence-electron chi connectivity index (χ2n) is 4.81. The lowest BCUT2D eigenvalue weighted by atomic mass is 10.1. The summed E-state index contributed by atoms with van der Waals surface area (Å²) in [7, 11) is 0. The maximum Gasteiger partial charge on any atom is 0.241 e. The summed E-state index contributed by atoms with van der Waals surface area (Å²) >= 11 is 3.46. The fraction of sp³-hybridized carbons (Fsp3) is 0.500. The maximum atomic E-state index is 12.0. The van der Waals surface area contributed by atoms with Gasteiger partial charge in [-0.15, -0.1) is 0 Å². The molecule has 1 amide bonds. The number of benzene rings is 1. The Bertz CT molecular complexity index is 408. The van der Waals surface area contributed by atoms with Crippen molar-refractivity contribution in [2.75, 3.05) is 25.0 Å². The molecule has 3 nitrogen and oxygen atoms in total. The molecule has 1 heterocycles. The van der Waals surface area contributed by atoms with Crippen molar-refractivity contribution in [2.24, 2.45) is 0 Å². The van der Waals surface area contributed by atoms with Crippen molar-refractivity contribution in [3.05, 3.63) is 28.2 Å². The Morgan fingerprint density at radius 2 is 2.00 bits per heavy atom. The number of hydrogen-bond donors (Lipinski definition) is 1. The Labute approximate surface area is 117 Å². The largest absolute Gasteiger partial charge is 0.376 e. The molecule has 0 aromatic heterocycles. The molecule has 0 radical (unpaired) electrons. The van der Waals surface area contributed by atoms with Gasteiger partial charge in [0.15, 0.2) is 0 Å². The van der Waals surface area contributed by atoms with Crippen molar-refractivity contribution < 1.29 is 4.79 Å². The van der Waals surface area contributed by atoms with Crippen LogP contribution in [0.1, 0.15) is 24.8 Å². The Morgan fingerprint density at radius 3 is 2.67 bits per heavy atom. The highest BCUT2D eigenvalue weighted by molar-refractivity contribution is 9.10. The Balaban J connectivity index is 1.88. The first-order valence-electron chi connectivity index (χ1n) is 6.44. The molecule has 0 bridgehead atoms. The zero-order chi connectivity index (χ0) is 13.0. The Kier molecular flexibility index (Phi) is 4.64. The zero-order valence-corrected chi connectivity index (χ0v) is 12.3. The van der Waals surface area contributed by atoms with Crippen LogP contribution in [0.4, 0.5) is 5.69 Å². The predicted molar refractivity (Wildman–Crippen MR) is 77.8 cm³/mol. The molecule has 1 aliphatic heterocycles. The number of carbonyl (C=O) groups is 1. The summed E-state index contributed by atoms with van der Waals surface area (Å²) in [5.74, 6) is 0.201. The van der Waals surface area contributed by atoms with Crippen molar-refractivity contribution in [3.8, 4) is 0 Å². The van der Waals surface area contributed by atoms with Crippen LogP contribution in [-0.4, -0.2) is 30.4 Å². The van der Waals surface area contributed by atoms with E-state index in [2.05, 4.69) is 27.3 Å². The van der Waals surface area contributed by atoms with Crippen molar-refractivity contribution in [1.82, 2.24) is 4.90 Å². The minimum Gasteiger partial charge on any atom is -0.376 e. The topological polar surface area (TPSA) is 32.3 Å². The SMILES string of the molecule is Cc1cc(Br)cc(NCC(=O)N2CCCCC2)c1. The van der Waals surface area contributed by atoms with E-state index >= 15 is 0 Å². The minimum absolute atomic E-state index is 0.201. The summed E-state index contributed by atoms with van der Waals surface area (Å²) in [6.07, 6.45) is 3.53. The highest BCUT2D eigenvalue weighted by Gasteiger charge is 2.15. The molecule has 0 saturated carbocycles. The molecule has 1 aromatic carbocycles. The molecule has 0 atom stereocenters. The molecule has 0 spiro atoms. The fourth-order valence-electron chi connectivity index (χ4n) is 2.27. The Hall–Kier alpha value is -1.03. The second kappa shape index (κ2) is 6.23. The molecule has 1 saturated heterocycles. The number of nitrogens with zero attached hydrogens (tertiary/aromatic N) is 1. The third kappa shape index (κ3) is 3.73. The van der Waals surface area contributed by atoms with Crippen LogP contribution in [0.3, 0.4) is 0 Å². The molecule has 18 heavy (non-hydrogen) atoms. The van der Waals surface area contributed by atoms with E-state index in [9.17, 15) is 4.79 Å². The highest BCUT2D eigenvalue weighted by Crippen LogP contribution is 2.19. The van der Waals surface area contributed by atoms with Gasteiger partial charge in [0.25, 0.3) is 0 Å². The summed E-state index contributed by atoms with van der Waals surface area (Å²) in [5.41, 5.74) is 2.17. The van der Waals surface area contributed by atoms with Crippen molar-refractivity contribution in [2.45, 2.75) is 26.2 Å². The molecular formula is C14H19BrN2O. The van der Waals surface area contributed by atoms with Crippen LogP contribution in [-0.2, 0) is 4.79 Å². The van der Waals surface area contributed by atoms with Gasteiger partial charge in [-0.3, -0.25) is 4.79 Å². The molecule has 1 aromatic rings. The van der Waals surface area contributed by atoms with E-state index in [0.29, 0.717) is 6.54 Å². The van der Waals surface area contributed by atoms with Crippen LogP contribution in [0.15, 0.2) is 22.7 Å². The van der Waals surface area contributed by atoms with Gasteiger partial charge in [-0.05, 0) is 49.9 Å². The number of nitrogens with one attached hydrogen (secondary N) is 1. The van der Waals surface area contributed by atoms with Crippen LogP contribution in [0.25, 0.3) is 0 Å². The summed E-state index contributed by atoms with van der Waals surface area (Å²) in [4.78, 5) is 14.0. The summed E-state index contributed by atoms with van der Waals surface area (Å²) in [6, 6.07) is 6.10. The van der Waals surface area contributed by atoms with Crippen molar-refractivity contribution in [1.29, 1.82) is 0 Å². The van der Waals surface area contributed by atoms with E-state index in [1.807, 2.05) is 24.0 Å². The van der Waals surface area contributed by atoms with E-state index in [1.54, 1.807) is 0 Å². The normalized spacial score (nSPS) is 15.6. The number of piperidine rings is 1. The van der Waals surface area contributed by atoms with Gasteiger partial charge in [0, 0.05) is 23.2 Å². The monoisotopic (exact) mass is 310 g/mol. The number of carbonyl (C=O) groups excluding carboxylic acids is 1. The molecule has 0 unspecified atom stereocenters. The van der Waals surface area contributed by atoms with Crippen LogP contribution in [0, 0.1) is 6.92 Å². The molecule has 1 aliphatic rings. The van der Waals surface area contributed by atoms with Gasteiger partial charge in [-0.2, -0.15) is 0 Å². The molecule has 98 valence electrons. The Morgan fingerprint density at radius 1 is 1.28 bits per heavy atom. The molecular weight excluding hydrogens is 292 g/mol. The number of hydrogen-bond acceptors (Lipinski definition) is 2.